The first-order valence-electron chi connectivity index (χ1n) is 9.93. The van der Waals surface area contributed by atoms with Crippen LogP contribution in [0.1, 0.15) is 17.4 Å². The Labute approximate surface area is 191 Å². The highest BCUT2D eigenvalue weighted by Crippen LogP contribution is 2.21. The van der Waals surface area contributed by atoms with E-state index in [4.69, 9.17) is 17.0 Å². The highest BCUT2D eigenvalue weighted by atomic mass is 32.1. The largest absolute Gasteiger partial charge is 0.494 e. The number of aromatic amines is 2. The summed E-state index contributed by atoms with van der Waals surface area (Å²) in [6.45, 7) is 2.25. The summed E-state index contributed by atoms with van der Waals surface area (Å²) in [4.78, 5) is 36.9. The van der Waals surface area contributed by atoms with Crippen molar-refractivity contribution < 1.29 is 14.3 Å². The number of carbonyl (C=O) groups is 2. The Hall–Kier alpha value is -4.32. The lowest BCUT2D eigenvalue weighted by Crippen LogP contribution is -2.43. The van der Waals surface area contributed by atoms with Gasteiger partial charge in [-0.25, -0.2) is 5.10 Å². The quantitative estimate of drug-likeness (QED) is 0.250. The summed E-state index contributed by atoms with van der Waals surface area (Å²) in [6, 6.07) is 13.7. The van der Waals surface area contributed by atoms with Gasteiger partial charge in [-0.3, -0.25) is 34.9 Å². The molecule has 11 nitrogen and oxygen atoms in total. The van der Waals surface area contributed by atoms with E-state index in [0.29, 0.717) is 29.0 Å². The van der Waals surface area contributed by atoms with Gasteiger partial charge in [0.1, 0.15) is 12.3 Å². The Bertz CT molecular complexity index is 1440. The van der Waals surface area contributed by atoms with Crippen molar-refractivity contribution in [1.82, 2.24) is 35.8 Å². The van der Waals surface area contributed by atoms with E-state index >= 15 is 0 Å². The molecule has 0 aliphatic heterocycles. The molecule has 0 saturated heterocycles. The Morgan fingerprint density at radius 2 is 1.76 bits per heavy atom. The first kappa shape index (κ1) is 21.9. The van der Waals surface area contributed by atoms with Crippen molar-refractivity contribution in [3.05, 3.63) is 69.3 Å². The van der Waals surface area contributed by atoms with Crippen molar-refractivity contribution in [3.63, 3.8) is 0 Å². The van der Waals surface area contributed by atoms with Gasteiger partial charge in [0.05, 0.1) is 12.0 Å². The molecule has 2 amide bonds. The van der Waals surface area contributed by atoms with Gasteiger partial charge in [-0.05, 0) is 49.5 Å². The second-order valence-corrected chi connectivity index (χ2v) is 7.23. The summed E-state index contributed by atoms with van der Waals surface area (Å²) in [5, 5.41) is 13.6. The van der Waals surface area contributed by atoms with Crippen LogP contribution >= 0.6 is 12.2 Å². The maximum absolute atomic E-state index is 12.5. The number of amides is 2. The summed E-state index contributed by atoms with van der Waals surface area (Å²) in [5.41, 5.74) is 4.92. The van der Waals surface area contributed by atoms with Gasteiger partial charge in [-0.2, -0.15) is 10.2 Å². The zero-order valence-corrected chi connectivity index (χ0v) is 18.2. The average Bonchev–Trinajstić information content (AvgIpc) is 3.18. The molecule has 0 saturated carbocycles. The van der Waals surface area contributed by atoms with Crippen LogP contribution in [-0.2, 0) is 11.3 Å². The standard InChI is InChI=1S/C21H19N7O4S/c1-2-32-13-9-7-12(8-10-13)18-24-27-21(33)28(18)11-16(29)22-26-20(31)17-14-5-3-4-6-15(14)19(30)25-23-17/h3-10H,2,11H2,1H3,(H,22,29)(H,25,30)(H,26,31)(H,27,33). The zero-order valence-electron chi connectivity index (χ0n) is 17.4. The van der Waals surface area contributed by atoms with Gasteiger partial charge < -0.3 is 4.74 Å². The predicted molar refractivity (Wildman–Crippen MR) is 122 cm³/mol. The molecule has 33 heavy (non-hydrogen) atoms. The number of nitrogens with zero attached hydrogens (tertiary/aromatic N) is 3. The molecule has 168 valence electrons. The summed E-state index contributed by atoms with van der Waals surface area (Å²) in [7, 11) is 0. The highest BCUT2D eigenvalue weighted by molar-refractivity contribution is 7.71. The van der Waals surface area contributed by atoms with Crippen LogP contribution in [0.15, 0.2) is 53.3 Å². The molecule has 2 aromatic carbocycles. The molecule has 0 aliphatic rings. The molecule has 4 rings (SSSR count). The topological polar surface area (TPSA) is 147 Å². The smallest absolute Gasteiger partial charge is 0.290 e. The van der Waals surface area contributed by atoms with E-state index < -0.39 is 17.4 Å². The van der Waals surface area contributed by atoms with Gasteiger partial charge in [-0.15, -0.1) is 0 Å². The predicted octanol–water partition coefficient (Wildman–Crippen LogP) is 1.70. The minimum atomic E-state index is -0.682. The normalized spacial score (nSPS) is 10.7. The molecule has 2 aromatic heterocycles. The maximum atomic E-state index is 12.5. The van der Waals surface area contributed by atoms with Gasteiger partial charge in [0.15, 0.2) is 16.3 Å². The fourth-order valence-electron chi connectivity index (χ4n) is 3.21. The second-order valence-electron chi connectivity index (χ2n) is 6.85. The molecule has 0 spiro atoms. The average molecular weight is 465 g/mol. The first-order chi connectivity index (χ1) is 16.0. The SMILES string of the molecule is CCOc1ccc(-c2n[nH]c(=S)n2CC(=O)NNC(=O)c2n[nH]c(=O)c3ccccc23)cc1. The highest BCUT2D eigenvalue weighted by Gasteiger charge is 2.16. The fourth-order valence-corrected chi connectivity index (χ4v) is 3.40. The van der Waals surface area contributed by atoms with Crippen molar-refractivity contribution in [2.24, 2.45) is 0 Å². The monoisotopic (exact) mass is 465 g/mol. The van der Waals surface area contributed by atoms with Gasteiger partial charge in [0.25, 0.3) is 17.4 Å². The lowest BCUT2D eigenvalue weighted by Gasteiger charge is -2.10. The number of hydrogen-bond acceptors (Lipinski definition) is 7. The number of aromatic nitrogens is 5. The van der Waals surface area contributed by atoms with E-state index in [-0.39, 0.29) is 17.0 Å². The molecular formula is C21H19N7O4S. The van der Waals surface area contributed by atoms with Crippen LogP contribution in [0.3, 0.4) is 0 Å². The summed E-state index contributed by atoms with van der Waals surface area (Å²) >= 11 is 5.25. The summed E-state index contributed by atoms with van der Waals surface area (Å²) in [5.74, 6) is -0.0521. The molecule has 0 aliphatic carbocycles. The Morgan fingerprint density at radius 3 is 2.48 bits per heavy atom. The maximum Gasteiger partial charge on any atom is 0.290 e. The number of rotatable bonds is 6. The van der Waals surface area contributed by atoms with Crippen LogP contribution in [0.5, 0.6) is 5.75 Å². The van der Waals surface area contributed by atoms with E-state index in [0.717, 1.165) is 5.56 Å². The Balaban J connectivity index is 1.47. The number of carbonyl (C=O) groups excluding carboxylic acids is 2. The number of fused-ring (bicyclic) bond motifs is 1. The number of nitrogens with one attached hydrogen (secondary N) is 4. The first-order valence-corrected chi connectivity index (χ1v) is 10.3. The molecular weight excluding hydrogens is 446 g/mol. The van der Waals surface area contributed by atoms with Crippen molar-refractivity contribution >= 4 is 34.8 Å². The van der Waals surface area contributed by atoms with Crippen LogP contribution in [0, 0.1) is 4.77 Å². The van der Waals surface area contributed by atoms with Crippen LogP contribution in [0.4, 0.5) is 0 Å². The van der Waals surface area contributed by atoms with Crippen molar-refractivity contribution in [1.29, 1.82) is 0 Å². The minimum Gasteiger partial charge on any atom is -0.494 e. The van der Waals surface area contributed by atoms with Gasteiger partial charge in [0, 0.05) is 10.9 Å². The third kappa shape index (κ3) is 4.65. The number of hydrogen-bond donors (Lipinski definition) is 4. The molecule has 12 heteroatoms. The number of hydrazine groups is 1. The van der Waals surface area contributed by atoms with Crippen LogP contribution < -0.4 is 21.1 Å². The molecule has 0 atom stereocenters. The second kappa shape index (κ2) is 9.44. The lowest BCUT2D eigenvalue weighted by atomic mass is 10.1. The third-order valence-electron chi connectivity index (χ3n) is 4.71. The minimum absolute atomic E-state index is 0.0273. The van der Waals surface area contributed by atoms with Crippen LogP contribution in [0.25, 0.3) is 22.2 Å². The van der Waals surface area contributed by atoms with Gasteiger partial charge in [-0.1, -0.05) is 18.2 Å². The molecule has 0 fully saturated rings. The third-order valence-corrected chi connectivity index (χ3v) is 5.02. The lowest BCUT2D eigenvalue weighted by molar-refractivity contribution is -0.122. The number of benzene rings is 2. The zero-order chi connectivity index (χ0) is 23.4. The van der Waals surface area contributed by atoms with E-state index in [1.54, 1.807) is 48.5 Å². The fraction of sp³-hybridized carbons (Fsp3) is 0.143. The molecule has 4 N–H and O–H groups in total. The Morgan fingerprint density at radius 1 is 1.03 bits per heavy atom. The molecule has 4 aromatic rings. The number of H-pyrrole nitrogens is 2. The van der Waals surface area contributed by atoms with Crippen molar-refractivity contribution in [2.45, 2.75) is 13.5 Å². The summed E-state index contributed by atoms with van der Waals surface area (Å²) in [6.07, 6.45) is 0. The van der Waals surface area contributed by atoms with E-state index in [1.807, 2.05) is 6.92 Å². The molecule has 0 radical (unpaired) electrons. The Kier molecular flexibility index (Phi) is 6.26. The van der Waals surface area contributed by atoms with Crippen LogP contribution in [0.2, 0.25) is 0 Å². The van der Waals surface area contributed by atoms with E-state index in [2.05, 4.69) is 31.2 Å². The molecule has 0 bridgehead atoms. The van der Waals surface area contributed by atoms with Gasteiger partial charge >= 0.3 is 0 Å². The molecule has 2 heterocycles. The summed E-state index contributed by atoms with van der Waals surface area (Å²) < 4.78 is 7.18. The molecule has 0 unspecified atom stereocenters. The van der Waals surface area contributed by atoms with Crippen LogP contribution in [-0.4, -0.2) is 43.4 Å². The van der Waals surface area contributed by atoms with Crippen molar-refractivity contribution in [3.8, 4) is 17.1 Å². The number of ether oxygens (including phenoxy) is 1. The van der Waals surface area contributed by atoms with E-state index in [9.17, 15) is 14.4 Å². The van der Waals surface area contributed by atoms with Gasteiger partial charge in [0.2, 0.25) is 0 Å². The van der Waals surface area contributed by atoms with E-state index in [1.165, 1.54) is 4.57 Å². The van der Waals surface area contributed by atoms with Crippen molar-refractivity contribution in [2.75, 3.05) is 6.61 Å².